The van der Waals surface area contributed by atoms with E-state index in [1.54, 1.807) is 6.92 Å². The van der Waals surface area contributed by atoms with Crippen molar-refractivity contribution < 1.29 is 14.7 Å². The monoisotopic (exact) mass is 266 g/mol. The van der Waals surface area contributed by atoms with E-state index in [1.807, 2.05) is 0 Å². The Labute approximate surface area is 109 Å². The lowest BCUT2D eigenvalue weighted by atomic mass is 10.2. The predicted octanol–water partition coefficient (Wildman–Crippen LogP) is 2.18. The molecule has 0 aromatic heterocycles. The zero-order valence-corrected chi connectivity index (χ0v) is 10.3. The van der Waals surface area contributed by atoms with Crippen molar-refractivity contribution in [2.75, 3.05) is 5.32 Å². The highest BCUT2D eigenvalue weighted by atomic mass is 35.5. The Morgan fingerprint density at radius 3 is 2.72 bits per heavy atom. The van der Waals surface area contributed by atoms with Gasteiger partial charge in [-0.25, -0.2) is 9.59 Å². The van der Waals surface area contributed by atoms with Gasteiger partial charge < -0.3 is 15.7 Å². The number of halogens is 1. The number of nitrogens with one attached hydrogen (secondary N) is 2. The zero-order chi connectivity index (χ0) is 13.7. The molecule has 6 heteroatoms. The number of terminal acetylenes is 1. The number of hydrogen-bond donors (Lipinski definition) is 3. The van der Waals surface area contributed by atoms with Gasteiger partial charge in [0.25, 0.3) is 0 Å². The molecule has 0 saturated heterocycles. The number of carboxylic acid groups (broad SMARTS) is 1. The third-order valence-corrected chi connectivity index (χ3v) is 2.38. The van der Waals surface area contributed by atoms with Crippen LogP contribution >= 0.6 is 11.6 Å². The van der Waals surface area contributed by atoms with E-state index in [2.05, 4.69) is 16.6 Å². The van der Waals surface area contributed by atoms with Gasteiger partial charge in [-0.3, -0.25) is 0 Å². The SMILES string of the molecule is C#CC(C)NC(=O)Nc1ccc(Cl)c(C(=O)O)c1. The fourth-order valence-corrected chi connectivity index (χ4v) is 1.37. The Balaban J connectivity index is 2.80. The molecule has 0 aliphatic carbocycles. The molecule has 1 aromatic carbocycles. The van der Waals surface area contributed by atoms with Crippen LogP contribution in [0.4, 0.5) is 10.5 Å². The molecule has 0 radical (unpaired) electrons. The molecule has 94 valence electrons. The molecule has 0 aliphatic heterocycles. The summed E-state index contributed by atoms with van der Waals surface area (Å²) in [5, 5.41) is 13.9. The van der Waals surface area contributed by atoms with Gasteiger partial charge in [-0.1, -0.05) is 17.5 Å². The summed E-state index contributed by atoms with van der Waals surface area (Å²) in [4.78, 5) is 22.3. The van der Waals surface area contributed by atoms with Gasteiger partial charge in [-0.05, 0) is 25.1 Å². The number of benzene rings is 1. The highest BCUT2D eigenvalue weighted by molar-refractivity contribution is 6.33. The zero-order valence-electron chi connectivity index (χ0n) is 9.53. The number of urea groups is 1. The highest BCUT2D eigenvalue weighted by Crippen LogP contribution is 2.20. The van der Waals surface area contributed by atoms with Crippen molar-refractivity contribution >= 4 is 29.3 Å². The molecule has 0 bridgehead atoms. The van der Waals surface area contributed by atoms with Crippen molar-refractivity contribution in [3.8, 4) is 12.3 Å². The third-order valence-electron chi connectivity index (χ3n) is 2.05. The molecule has 3 N–H and O–H groups in total. The lowest BCUT2D eigenvalue weighted by molar-refractivity contribution is 0.0697. The molecule has 2 amide bonds. The molecule has 1 unspecified atom stereocenters. The molecular weight excluding hydrogens is 256 g/mol. The van der Waals surface area contributed by atoms with Gasteiger partial charge in [-0.15, -0.1) is 6.42 Å². The summed E-state index contributed by atoms with van der Waals surface area (Å²) >= 11 is 5.70. The van der Waals surface area contributed by atoms with E-state index in [0.29, 0.717) is 5.69 Å². The smallest absolute Gasteiger partial charge is 0.337 e. The van der Waals surface area contributed by atoms with Crippen molar-refractivity contribution in [3.63, 3.8) is 0 Å². The van der Waals surface area contributed by atoms with Gasteiger partial charge in [0.05, 0.1) is 16.6 Å². The van der Waals surface area contributed by atoms with Crippen molar-refractivity contribution in [1.82, 2.24) is 5.32 Å². The maximum atomic E-state index is 11.4. The number of hydrogen-bond acceptors (Lipinski definition) is 2. The molecule has 0 fully saturated rings. The van der Waals surface area contributed by atoms with Crippen LogP contribution in [0.25, 0.3) is 0 Å². The lowest BCUT2D eigenvalue weighted by Gasteiger charge is -2.10. The maximum absolute atomic E-state index is 11.4. The minimum absolute atomic E-state index is 0.0838. The maximum Gasteiger partial charge on any atom is 0.337 e. The number of anilines is 1. The second-order valence-corrected chi connectivity index (χ2v) is 3.89. The minimum atomic E-state index is -1.17. The van der Waals surface area contributed by atoms with Crippen LogP contribution in [0.3, 0.4) is 0 Å². The standard InChI is InChI=1S/C12H11ClN2O3/c1-3-7(2)14-12(18)15-8-4-5-10(13)9(6-8)11(16)17/h1,4-7H,2H3,(H,16,17)(H2,14,15,18). The lowest BCUT2D eigenvalue weighted by Crippen LogP contribution is -2.35. The number of carbonyl (C=O) groups is 2. The van der Waals surface area contributed by atoms with Crippen LogP contribution in [0.1, 0.15) is 17.3 Å². The first-order valence-corrected chi connectivity index (χ1v) is 5.38. The van der Waals surface area contributed by atoms with Gasteiger partial charge in [0.1, 0.15) is 0 Å². The largest absolute Gasteiger partial charge is 0.478 e. The van der Waals surface area contributed by atoms with Crippen LogP contribution in [0.5, 0.6) is 0 Å². The third kappa shape index (κ3) is 3.68. The van der Waals surface area contributed by atoms with Gasteiger partial charge in [0.2, 0.25) is 0 Å². The molecule has 0 spiro atoms. The van der Waals surface area contributed by atoms with E-state index in [0.717, 1.165) is 0 Å². The molecule has 5 nitrogen and oxygen atoms in total. The normalized spacial score (nSPS) is 11.2. The first-order chi connectivity index (χ1) is 8.43. The van der Waals surface area contributed by atoms with Gasteiger partial charge in [0, 0.05) is 5.69 Å². The van der Waals surface area contributed by atoms with Crippen molar-refractivity contribution in [1.29, 1.82) is 0 Å². The molecule has 1 aromatic rings. The van der Waals surface area contributed by atoms with E-state index >= 15 is 0 Å². The highest BCUT2D eigenvalue weighted by Gasteiger charge is 2.11. The summed E-state index contributed by atoms with van der Waals surface area (Å²) < 4.78 is 0. The Bertz CT molecular complexity index is 523. The van der Waals surface area contributed by atoms with Gasteiger partial charge in [-0.2, -0.15) is 0 Å². The molecule has 1 rings (SSSR count). The molecular formula is C12H11ClN2O3. The quantitative estimate of drug-likeness (QED) is 0.734. The van der Waals surface area contributed by atoms with Crippen LogP contribution in [-0.2, 0) is 0 Å². The van der Waals surface area contributed by atoms with Crippen molar-refractivity contribution in [3.05, 3.63) is 28.8 Å². The average Bonchev–Trinajstić information content (AvgIpc) is 2.31. The van der Waals surface area contributed by atoms with E-state index in [9.17, 15) is 9.59 Å². The summed E-state index contributed by atoms with van der Waals surface area (Å²) in [5.41, 5.74) is 0.234. The second kappa shape index (κ2) is 5.94. The predicted molar refractivity (Wildman–Crippen MR) is 68.9 cm³/mol. The summed E-state index contributed by atoms with van der Waals surface area (Å²) in [7, 11) is 0. The Morgan fingerprint density at radius 1 is 1.50 bits per heavy atom. The van der Waals surface area contributed by atoms with Crippen LogP contribution in [0.2, 0.25) is 5.02 Å². The number of rotatable bonds is 3. The summed E-state index contributed by atoms with van der Waals surface area (Å²) in [6.07, 6.45) is 5.11. The Morgan fingerprint density at radius 2 is 2.17 bits per heavy atom. The number of aromatic carboxylic acids is 1. The Hall–Kier alpha value is -2.19. The summed E-state index contributed by atoms with van der Waals surface area (Å²) in [6.45, 7) is 1.64. The first-order valence-electron chi connectivity index (χ1n) is 5.00. The van der Waals surface area contributed by atoms with E-state index in [1.165, 1.54) is 18.2 Å². The molecule has 0 aliphatic rings. The van der Waals surface area contributed by atoms with Gasteiger partial charge in [0.15, 0.2) is 0 Å². The van der Waals surface area contributed by atoms with Gasteiger partial charge >= 0.3 is 12.0 Å². The van der Waals surface area contributed by atoms with Crippen molar-refractivity contribution in [2.24, 2.45) is 0 Å². The average molecular weight is 267 g/mol. The Kier molecular flexibility index (Phi) is 4.58. The molecule has 18 heavy (non-hydrogen) atoms. The minimum Gasteiger partial charge on any atom is -0.478 e. The summed E-state index contributed by atoms with van der Waals surface area (Å²) in [5.74, 6) is 1.17. The number of carboxylic acids is 1. The van der Waals surface area contributed by atoms with Crippen LogP contribution in [0.15, 0.2) is 18.2 Å². The molecule has 0 heterocycles. The van der Waals surface area contributed by atoms with Crippen LogP contribution in [0, 0.1) is 12.3 Å². The molecule has 0 saturated carbocycles. The fourth-order valence-electron chi connectivity index (χ4n) is 1.17. The van der Waals surface area contributed by atoms with Crippen molar-refractivity contribution in [2.45, 2.75) is 13.0 Å². The fraction of sp³-hybridized carbons (Fsp3) is 0.167. The molecule has 1 atom stereocenters. The van der Waals surface area contributed by atoms with Crippen LogP contribution in [-0.4, -0.2) is 23.1 Å². The second-order valence-electron chi connectivity index (χ2n) is 3.49. The van der Waals surface area contributed by atoms with E-state index < -0.39 is 18.0 Å². The summed E-state index contributed by atoms with van der Waals surface area (Å²) in [6, 6.07) is 3.22. The van der Waals surface area contributed by atoms with E-state index in [4.69, 9.17) is 23.1 Å². The first kappa shape index (κ1) is 13.9. The number of carbonyl (C=O) groups excluding carboxylic acids is 1. The topological polar surface area (TPSA) is 78.4 Å². The van der Waals surface area contributed by atoms with E-state index in [-0.39, 0.29) is 10.6 Å². The van der Waals surface area contributed by atoms with Crippen LogP contribution < -0.4 is 10.6 Å². The number of amides is 2.